The zero-order chi connectivity index (χ0) is 27.8. The Morgan fingerprint density at radius 3 is 2.45 bits per heavy atom. The predicted molar refractivity (Wildman–Crippen MR) is 143 cm³/mol. The number of hydrogen-bond donors (Lipinski definition) is 4. The zero-order valence-corrected chi connectivity index (χ0v) is 23.0. The number of Topliss-reactive ketones (excluding diaryl/α,β-unsaturated/α-hetero) is 1. The first-order valence-electron chi connectivity index (χ1n) is 13.7. The van der Waals surface area contributed by atoms with Crippen LogP contribution >= 0.6 is 0 Å². The van der Waals surface area contributed by atoms with E-state index in [-0.39, 0.29) is 18.9 Å². The summed E-state index contributed by atoms with van der Waals surface area (Å²) in [5.41, 5.74) is 4.99. The van der Waals surface area contributed by atoms with Gasteiger partial charge in [0.2, 0.25) is 0 Å². The lowest BCUT2D eigenvalue weighted by Gasteiger charge is -2.50. The molecule has 0 saturated heterocycles. The molecule has 0 spiro atoms. The number of aliphatic hydroxyl groups excluding tert-OH is 1. The SMILES string of the molecule is CC1=C[C@H]2[C@@]3(O)[C@H](C)C[C@]4(OC(=O)[C@H](N)CCc5ccc(C)cc5)[C@H]([C@@H]3C=C(CO)C[C@]2(O)C1=O)C4(C)C. The van der Waals surface area contributed by atoms with E-state index < -0.39 is 57.8 Å². The number of rotatable bonds is 6. The second-order valence-electron chi connectivity index (χ2n) is 12.9. The van der Waals surface area contributed by atoms with Gasteiger partial charge in [-0.15, -0.1) is 0 Å². The van der Waals surface area contributed by atoms with Gasteiger partial charge >= 0.3 is 5.97 Å². The molecule has 0 amide bonds. The van der Waals surface area contributed by atoms with Crippen molar-refractivity contribution in [1.82, 2.24) is 0 Å². The van der Waals surface area contributed by atoms with Crippen molar-refractivity contribution in [3.63, 3.8) is 0 Å². The minimum absolute atomic E-state index is 0.0316. The average Bonchev–Trinajstić information content (AvgIpc) is 3.27. The van der Waals surface area contributed by atoms with Crippen molar-refractivity contribution in [3.05, 3.63) is 58.7 Å². The Hall–Kier alpha value is -2.32. The zero-order valence-electron chi connectivity index (χ0n) is 23.0. The van der Waals surface area contributed by atoms with Gasteiger partial charge in [0, 0.05) is 29.6 Å². The normalized spacial score (nSPS) is 39.7. The maximum atomic E-state index is 13.3. The molecule has 7 nitrogen and oxygen atoms in total. The highest BCUT2D eigenvalue weighted by molar-refractivity contribution is 6.04. The van der Waals surface area contributed by atoms with Crippen LogP contribution in [0.4, 0.5) is 0 Å². The molecule has 2 fully saturated rings. The van der Waals surface area contributed by atoms with E-state index >= 15 is 0 Å². The van der Waals surface area contributed by atoms with Gasteiger partial charge in [0.25, 0.3) is 0 Å². The van der Waals surface area contributed by atoms with E-state index in [1.54, 1.807) is 13.0 Å². The predicted octanol–water partition coefficient (Wildman–Crippen LogP) is 2.78. The van der Waals surface area contributed by atoms with Crippen LogP contribution in [0.3, 0.4) is 0 Å². The monoisotopic (exact) mass is 523 g/mol. The van der Waals surface area contributed by atoms with Crippen LogP contribution in [-0.4, -0.2) is 56.5 Å². The first-order valence-corrected chi connectivity index (χ1v) is 13.7. The molecule has 0 aromatic heterocycles. The van der Waals surface area contributed by atoms with Gasteiger partial charge in [-0.1, -0.05) is 62.8 Å². The molecular formula is C31H41NO6. The molecule has 0 unspecified atom stereocenters. The van der Waals surface area contributed by atoms with Crippen LogP contribution < -0.4 is 5.73 Å². The van der Waals surface area contributed by atoms with Crippen LogP contribution in [0.5, 0.6) is 0 Å². The van der Waals surface area contributed by atoms with E-state index in [0.717, 1.165) is 5.56 Å². The number of benzene rings is 1. The van der Waals surface area contributed by atoms with Gasteiger partial charge < -0.3 is 25.8 Å². The van der Waals surface area contributed by atoms with Crippen molar-refractivity contribution in [2.24, 2.45) is 34.8 Å². The van der Waals surface area contributed by atoms with Gasteiger partial charge in [-0.05, 0) is 55.7 Å². The molecular weight excluding hydrogens is 482 g/mol. The summed E-state index contributed by atoms with van der Waals surface area (Å²) in [5.74, 6) is -2.84. The number of carbonyl (C=O) groups is 2. The summed E-state index contributed by atoms with van der Waals surface area (Å²) in [5, 5.41) is 34.1. The van der Waals surface area contributed by atoms with Crippen LogP contribution in [0.15, 0.2) is 47.6 Å². The van der Waals surface area contributed by atoms with Crippen molar-refractivity contribution in [2.45, 2.75) is 83.1 Å². The molecule has 0 heterocycles. The van der Waals surface area contributed by atoms with Crippen molar-refractivity contribution in [2.75, 3.05) is 6.61 Å². The number of ether oxygens (including phenoxy) is 1. The van der Waals surface area contributed by atoms with Gasteiger partial charge in [0.15, 0.2) is 5.78 Å². The molecule has 2 saturated carbocycles. The molecule has 206 valence electrons. The molecule has 0 aliphatic heterocycles. The molecule has 1 aromatic rings. The van der Waals surface area contributed by atoms with E-state index in [2.05, 4.69) is 0 Å². The largest absolute Gasteiger partial charge is 0.457 e. The minimum Gasteiger partial charge on any atom is -0.457 e. The molecule has 8 atom stereocenters. The number of aliphatic hydroxyl groups is 3. The van der Waals surface area contributed by atoms with Gasteiger partial charge in [-0.2, -0.15) is 0 Å². The summed E-state index contributed by atoms with van der Waals surface area (Å²) in [4.78, 5) is 26.4. The molecule has 0 bridgehead atoms. The average molecular weight is 524 g/mol. The van der Waals surface area contributed by atoms with Crippen molar-refractivity contribution < 1.29 is 29.6 Å². The topological polar surface area (TPSA) is 130 Å². The fraction of sp³-hybridized carbons (Fsp3) is 0.613. The molecule has 1 aromatic carbocycles. The summed E-state index contributed by atoms with van der Waals surface area (Å²) in [7, 11) is 0. The molecule has 38 heavy (non-hydrogen) atoms. The molecule has 5 rings (SSSR count). The Morgan fingerprint density at radius 2 is 1.82 bits per heavy atom. The van der Waals surface area contributed by atoms with Crippen LogP contribution in [0.1, 0.15) is 58.1 Å². The number of aryl methyl sites for hydroxylation is 2. The first kappa shape index (κ1) is 27.3. The summed E-state index contributed by atoms with van der Waals surface area (Å²) < 4.78 is 6.28. The number of fused-ring (bicyclic) bond motifs is 5. The van der Waals surface area contributed by atoms with Crippen LogP contribution in [-0.2, 0) is 20.7 Å². The van der Waals surface area contributed by atoms with Crippen molar-refractivity contribution in [1.29, 1.82) is 0 Å². The van der Waals surface area contributed by atoms with Crippen LogP contribution in [0.2, 0.25) is 0 Å². The number of ketones is 1. The quantitative estimate of drug-likeness (QED) is 0.333. The summed E-state index contributed by atoms with van der Waals surface area (Å²) >= 11 is 0. The molecule has 4 aliphatic rings. The van der Waals surface area contributed by atoms with Crippen LogP contribution in [0, 0.1) is 36.0 Å². The lowest BCUT2D eigenvalue weighted by atomic mass is 9.60. The van der Waals surface area contributed by atoms with E-state index in [4.69, 9.17) is 10.5 Å². The smallest absolute Gasteiger partial charge is 0.323 e. The second-order valence-corrected chi connectivity index (χ2v) is 12.9. The van der Waals surface area contributed by atoms with E-state index in [1.807, 2.05) is 58.0 Å². The van der Waals surface area contributed by atoms with Gasteiger partial charge in [-0.3, -0.25) is 9.59 Å². The highest BCUT2D eigenvalue weighted by Crippen LogP contribution is 2.76. The van der Waals surface area contributed by atoms with Gasteiger partial charge in [0.05, 0.1) is 12.2 Å². The minimum atomic E-state index is -1.80. The third-order valence-electron chi connectivity index (χ3n) is 10.3. The van der Waals surface area contributed by atoms with E-state index in [1.165, 1.54) is 5.56 Å². The Kier molecular flexibility index (Phi) is 6.35. The fourth-order valence-corrected chi connectivity index (χ4v) is 8.05. The number of hydrogen-bond acceptors (Lipinski definition) is 7. The maximum absolute atomic E-state index is 13.3. The highest BCUT2D eigenvalue weighted by Gasteiger charge is 2.83. The maximum Gasteiger partial charge on any atom is 0.323 e. The third kappa shape index (κ3) is 3.69. The van der Waals surface area contributed by atoms with Crippen molar-refractivity contribution in [3.8, 4) is 0 Å². The number of carbonyl (C=O) groups excluding carboxylic acids is 2. The molecule has 7 heteroatoms. The third-order valence-corrected chi connectivity index (χ3v) is 10.3. The Bertz CT molecular complexity index is 1220. The molecule has 0 radical (unpaired) electrons. The van der Waals surface area contributed by atoms with Crippen LogP contribution in [0.25, 0.3) is 0 Å². The first-order chi connectivity index (χ1) is 17.7. The standard InChI is InChI=1S/C31H41NO6/c1-17-6-8-20(9-7-17)10-11-23(32)27(35)38-30-14-19(3)31(37)22(25(30)28(30,4)5)13-21(16-33)15-29(36)24(31)12-18(2)26(29)34/h6-9,12-13,19,22-25,33,36-37H,10-11,14-16,32H2,1-5H3/t19-,22+,23-,24-,25-,29-,30+,31-/m1/s1. The molecule has 5 N–H and O–H groups in total. The van der Waals surface area contributed by atoms with Gasteiger partial charge in [-0.25, -0.2) is 0 Å². The lowest BCUT2D eigenvalue weighted by molar-refractivity contribution is -0.187. The number of nitrogens with two attached hydrogens (primary N) is 1. The fourth-order valence-electron chi connectivity index (χ4n) is 8.05. The second kappa shape index (κ2) is 8.85. The highest BCUT2D eigenvalue weighted by atomic mass is 16.6. The lowest BCUT2D eigenvalue weighted by Crippen LogP contribution is -2.61. The number of esters is 1. The van der Waals surface area contributed by atoms with E-state index in [9.17, 15) is 24.9 Å². The Labute approximate surface area is 224 Å². The summed E-state index contributed by atoms with van der Waals surface area (Å²) in [6, 6.07) is 7.38. The van der Waals surface area contributed by atoms with E-state index in [0.29, 0.717) is 30.4 Å². The Morgan fingerprint density at radius 1 is 1.16 bits per heavy atom. The van der Waals surface area contributed by atoms with Gasteiger partial charge in [0.1, 0.15) is 17.2 Å². The van der Waals surface area contributed by atoms with Crippen molar-refractivity contribution >= 4 is 11.8 Å². The molecule has 4 aliphatic carbocycles. The summed E-state index contributed by atoms with van der Waals surface area (Å²) in [6.45, 7) is 9.33. The summed E-state index contributed by atoms with van der Waals surface area (Å²) in [6.07, 6.45) is 5.02. The Balaban J connectivity index is 1.42.